The van der Waals surface area contributed by atoms with Crippen molar-refractivity contribution in [3.8, 4) is 0 Å². The fourth-order valence-electron chi connectivity index (χ4n) is 1.82. The van der Waals surface area contributed by atoms with Gasteiger partial charge in [-0.1, -0.05) is 13.0 Å². The predicted molar refractivity (Wildman–Crippen MR) is 66.7 cm³/mol. The van der Waals surface area contributed by atoms with Gasteiger partial charge in [0.15, 0.2) is 0 Å². The summed E-state index contributed by atoms with van der Waals surface area (Å²) in [6.07, 6.45) is 2.03. The molecule has 3 heteroatoms. The first kappa shape index (κ1) is 11.3. The molecule has 0 saturated heterocycles. The van der Waals surface area contributed by atoms with Gasteiger partial charge in [-0.3, -0.25) is 4.98 Å². The first-order chi connectivity index (χ1) is 7.74. The van der Waals surface area contributed by atoms with E-state index in [1.165, 1.54) is 0 Å². The van der Waals surface area contributed by atoms with Crippen molar-refractivity contribution in [2.75, 3.05) is 0 Å². The number of hydrogen-bond acceptors (Lipinski definition) is 3. The van der Waals surface area contributed by atoms with Crippen LogP contribution in [0.1, 0.15) is 34.7 Å². The third-order valence-electron chi connectivity index (χ3n) is 2.76. The lowest BCUT2D eigenvalue weighted by Gasteiger charge is -2.13. The van der Waals surface area contributed by atoms with Crippen molar-refractivity contribution in [2.45, 2.75) is 26.4 Å². The molecule has 0 fully saturated rings. The van der Waals surface area contributed by atoms with Crippen LogP contribution >= 0.6 is 11.3 Å². The van der Waals surface area contributed by atoms with E-state index in [1.54, 1.807) is 17.5 Å². The summed E-state index contributed by atoms with van der Waals surface area (Å²) in [6.45, 7) is 4.10. The monoisotopic (exact) mass is 233 g/mol. The molecule has 2 rings (SSSR count). The molecule has 0 bridgehead atoms. The second-order valence-electron chi connectivity index (χ2n) is 3.74. The van der Waals surface area contributed by atoms with E-state index in [2.05, 4.69) is 11.9 Å². The van der Waals surface area contributed by atoms with Crippen molar-refractivity contribution < 1.29 is 5.11 Å². The topological polar surface area (TPSA) is 33.1 Å². The van der Waals surface area contributed by atoms with E-state index < -0.39 is 6.10 Å². The first-order valence-corrected chi connectivity index (χ1v) is 6.27. The van der Waals surface area contributed by atoms with Gasteiger partial charge in [0.05, 0.1) is 5.69 Å². The van der Waals surface area contributed by atoms with Gasteiger partial charge in [0.1, 0.15) is 6.10 Å². The molecule has 2 heterocycles. The highest BCUT2D eigenvalue weighted by molar-refractivity contribution is 7.10. The van der Waals surface area contributed by atoms with Gasteiger partial charge in [-0.25, -0.2) is 0 Å². The molecule has 0 aliphatic carbocycles. The summed E-state index contributed by atoms with van der Waals surface area (Å²) >= 11 is 1.65. The highest BCUT2D eigenvalue weighted by Crippen LogP contribution is 2.28. The highest BCUT2D eigenvalue weighted by atomic mass is 32.1. The summed E-state index contributed by atoms with van der Waals surface area (Å²) in [6, 6.07) is 5.90. The number of nitrogens with zero attached hydrogens (tertiary/aromatic N) is 1. The number of aliphatic hydroxyl groups excluding tert-OH is 1. The lowest BCUT2D eigenvalue weighted by Crippen LogP contribution is -2.06. The minimum absolute atomic E-state index is 0.595. The minimum atomic E-state index is -0.595. The van der Waals surface area contributed by atoms with Crippen molar-refractivity contribution >= 4 is 11.3 Å². The normalized spacial score (nSPS) is 12.7. The van der Waals surface area contributed by atoms with Gasteiger partial charge < -0.3 is 5.11 Å². The first-order valence-electron chi connectivity index (χ1n) is 5.40. The van der Waals surface area contributed by atoms with Crippen molar-refractivity contribution in [1.82, 2.24) is 4.98 Å². The van der Waals surface area contributed by atoms with Crippen LogP contribution in [0.25, 0.3) is 0 Å². The van der Waals surface area contributed by atoms with Crippen LogP contribution in [-0.2, 0) is 6.42 Å². The Morgan fingerprint density at radius 3 is 2.88 bits per heavy atom. The molecule has 0 aromatic carbocycles. The zero-order chi connectivity index (χ0) is 11.5. The smallest absolute Gasteiger partial charge is 0.122 e. The summed E-state index contributed by atoms with van der Waals surface area (Å²) < 4.78 is 0. The predicted octanol–water partition coefficient (Wildman–Crippen LogP) is 3.10. The third-order valence-corrected chi connectivity index (χ3v) is 3.62. The fourth-order valence-corrected chi connectivity index (χ4v) is 2.56. The molecule has 2 nitrogen and oxygen atoms in total. The Balaban J connectivity index is 2.41. The van der Waals surface area contributed by atoms with Gasteiger partial charge in [-0.05, 0) is 36.4 Å². The maximum atomic E-state index is 10.3. The Labute approximate surface area is 99.6 Å². The SMILES string of the molecule is CCc1cccnc1C(O)c1ccsc1C. The van der Waals surface area contributed by atoms with Gasteiger partial charge in [0.25, 0.3) is 0 Å². The van der Waals surface area contributed by atoms with Crippen molar-refractivity contribution in [3.63, 3.8) is 0 Å². The van der Waals surface area contributed by atoms with Crippen LogP contribution in [0.2, 0.25) is 0 Å². The quantitative estimate of drug-likeness (QED) is 0.883. The van der Waals surface area contributed by atoms with E-state index in [9.17, 15) is 5.11 Å². The molecule has 16 heavy (non-hydrogen) atoms. The molecule has 2 aromatic rings. The summed E-state index contributed by atoms with van der Waals surface area (Å²) in [4.78, 5) is 5.45. The maximum Gasteiger partial charge on any atom is 0.122 e. The average molecular weight is 233 g/mol. The number of pyridine rings is 1. The number of thiophene rings is 1. The van der Waals surface area contributed by atoms with E-state index in [0.29, 0.717) is 0 Å². The molecule has 0 saturated carbocycles. The second kappa shape index (κ2) is 4.76. The van der Waals surface area contributed by atoms with Crippen LogP contribution in [0, 0.1) is 6.92 Å². The van der Waals surface area contributed by atoms with Gasteiger partial charge in [0, 0.05) is 16.6 Å². The second-order valence-corrected chi connectivity index (χ2v) is 4.86. The largest absolute Gasteiger partial charge is 0.382 e. The molecule has 84 valence electrons. The Morgan fingerprint density at radius 2 is 2.25 bits per heavy atom. The molecule has 0 aliphatic heterocycles. The lowest BCUT2D eigenvalue weighted by atomic mass is 10.0. The van der Waals surface area contributed by atoms with Gasteiger partial charge in [-0.15, -0.1) is 11.3 Å². The molecular formula is C13H15NOS. The van der Waals surface area contributed by atoms with Gasteiger partial charge >= 0.3 is 0 Å². The highest BCUT2D eigenvalue weighted by Gasteiger charge is 2.17. The number of aromatic nitrogens is 1. The molecule has 0 amide bonds. The van der Waals surface area contributed by atoms with Crippen LogP contribution in [0.15, 0.2) is 29.8 Å². The van der Waals surface area contributed by atoms with E-state index >= 15 is 0 Å². The Bertz CT molecular complexity index is 478. The Morgan fingerprint density at radius 1 is 1.44 bits per heavy atom. The number of rotatable bonds is 3. The standard InChI is InChI=1S/C13H15NOS/c1-3-10-5-4-7-14-12(10)13(15)11-6-8-16-9(11)2/h4-8,13,15H,3H2,1-2H3. The molecule has 1 atom stereocenters. The zero-order valence-electron chi connectivity index (χ0n) is 9.47. The lowest BCUT2D eigenvalue weighted by molar-refractivity contribution is 0.214. The summed E-state index contributed by atoms with van der Waals surface area (Å²) in [5.41, 5.74) is 2.87. The van der Waals surface area contributed by atoms with Crippen molar-refractivity contribution in [1.29, 1.82) is 0 Å². The number of aryl methyl sites for hydroxylation is 2. The Hall–Kier alpha value is -1.19. The van der Waals surface area contributed by atoms with E-state index in [1.807, 2.05) is 30.5 Å². The van der Waals surface area contributed by atoms with Crippen LogP contribution in [-0.4, -0.2) is 10.1 Å². The fraction of sp³-hybridized carbons (Fsp3) is 0.308. The molecule has 0 aliphatic rings. The Kier molecular flexibility index (Phi) is 3.36. The summed E-state index contributed by atoms with van der Waals surface area (Å²) in [7, 11) is 0. The van der Waals surface area contributed by atoms with Crippen LogP contribution in [0.5, 0.6) is 0 Å². The van der Waals surface area contributed by atoms with Crippen molar-refractivity contribution in [2.24, 2.45) is 0 Å². The van der Waals surface area contributed by atoms with Gasteiger partial charge in [-0.2, -0.15) is 0 Å². The van der Waals surface area contributed by atoms with Crippen LogP contribution < -0.4 is 0 Å². The van der Waals surface area contributed by atoms with Gasteiger partial charge in [0.2, 0.25) is 0 Å². The summed E-state index contributed by atoms with van der Waals surface area (Å²) in [5.74, 6) is 0. The summed E-state index contributed by atoms with van der Waals surface area (Å²) in [5, 5.41) is 12.3. The van der Waals surface area contributed by atoms with Crippen LogP contribution in [0.4, 0.5) is 0 Å². The molecular weight excluding hydrogens is 218 g/mol. The van der Waals surface area contributed by atoms with Crippen molar-refractivity contribution in [3.05, 3.63) is 51.5 Å². The molecule has 1 N–H and O–H groups in total. The molecule has 1 unspecified atom stereocenters. The molecule has 2 aromatic heterocycles. The molecule has 0 spiro atoms. The third kappa shape index (κ3) is 2.01. The number of hydrogen-bond donors (Lipinski definition) is 1. The average Bonchev–Trinajstić information content (AvgIpc) is 2.74. The zero-order valence-corrected chi connectivity index (χ0v) is 10.3. The van der Waals surface area contributed by atoms with Crippen LogP contribution in [0.3, 0.4) is 0 Å². The van der Waals surface area contributed by atoms with E-state index in [4.69, 9.17) is 0 Å². The van der Waals surface area contributed by atoms with E-state index in [-0.39, 0.29) is 0 Å². The minimum Gasteiger partial charge on any atom is -0.382 e. The number of aliphatic hydroxyl groups is 1. The maximum absolute atomic E-state index is 10.3. The molecule has 0 radical (unpaired) electrons. The van der Waals surface area contributed by atoms with E-state index in [0.717, 1.165) is 28.1 Å².